The van der Waals surface area contributed by atoms with Gasteiger partial charge in [0.05, 0.1) is 12.1 Å². The van der Waals surface area contributed by atoms with Crippen molar-refractivity contribution in [2.75, 3.05) is 5.32 Å². The minimum Gasteiger partial charge on any atom is -0.360 e. The SMILES string of the molecule is Cc1noc(CNc2nc(C)nc(Cl)c2C=O)n1. The van der Waals surface area contributed by atoms with Crippen molar-refractivity contribution in [2.24, 2.45) is 0 Å². The normalized spacial score (nSPS) is 10.4. The summed E-state index contributed by atoms with van der Waals surface area (Å²) in [5, 5.41) is 6.68. The van der Waals surface area contributed by atoms with E-state index in [0.29, 0.717) is 29.6 Å². The Labute approximate surface area is 108 Å². The fraction of sp³-hybridized carbons (Fsp3) is 0.300. The molecule has 2 rings (SSSR count). The number of hydrogen-bond acceptors (Lipinski definition) is 7. The molecule has 8 heteroatoms. The lowest BCUT2D eigenvalue weighted by molar-refractivity contribution is 0.112. The van der Waals surface area contributed by atoms with Crippen LogP contribution in [-0.4, -0.2) is 26.4 Å². The third kappa shape index (κ3) is 2.62. The first-order valence-electron chi connectivity index (χ1n) is 5.12. The number of aryl methyl sites for hydroxylation is 2. The largest absolute Gasteiger partial charge is 0.360 e. The van der Waals surface area contributed by atoms with Gasteiger partial charge < -0.3 is 9.84 Å². The maximum atomic E-state index is 10.9. The summed E-state index contributed by atoms with van der Waals surface area (Å²) in [6.07, 6.45) is 0.600. The summed E-state index contributed by atoms with van der Waals surface area (Å²) in [7, 11) is 0. The number of carbonyl (C=O) groups excluding carboxylic acids is 1. The van der Waals surface area contributed by atoms with Crippen molar-refractivity contribution in [1.82, 2.24) is 20.1 Å². The van der Waals surface area contributed by atoms with Gasteiger partial charge in [0.15, 0.2) is 12.1 Å². The molecule has 0 radical (unpaired) electrons. The second-order valence-electron chi connectivity index (χ2n) is 3.53. The molecule has 0 spiro atoms. The van der Waals surface area contributed by atoms with E-state index in [1.54, 1.807) is 13.8 Å². The van der Waals surface area contributed by atoms with E-state index >= 15 is 0 Å². The Balaban J connectivity index is 2.20. The molecule has 1 N–H and O–H groups in total. The number of nitrogens with one attached hydrogen (secondary N) is 1. The second-order valence-corrected chi connectivity index (χ2v) is 3.89. The van der Waals surface area contributed by atoms with E-state index in [-0.39, 0.29) is 17.3 Å². The van der Waals surface area contributed by atoms with Gasteiger partial charge in [-0.25, -0.2) is 9.97 Å². The number of hydrogen-bond donors (Lipinski definition) is 1. The molecule has 0 amide bonds. The fourth-order valence-corrected chi connectivity index (χ4v) is 1.61. The molecule has 0 bridgehead atoms. The molecule has 18 heavy (non-hydrogen) atoms. The molecule has 0 aromatic carbocycles. The van der Waals surface area contributed by atoms with Gasteiger partial charge in [-0.3, -0.25) is 4.79 Å². The van der Waals surface area contributed by atoms with Crippen LogP contribution < -0.4 is 5.32 Å². The molecule has 2 aromatic heterocycles. The summed E-state index contributed by atoms with van der Waals surface area (Å²) in [5.74, 6) is 1.75. The predicted octanol–water partition coefficient (Wildman–Crippen LogP) is 1.55. The van der Waals surface area contributed by atoms with Crippen LogP contribution in [0.3, 0.4) is 0 Å². The highest BCUT2D eigenvalue weighted by molar-refractivity contribution is 6.32. The molecule has 0 aliphatic rings. The van der Waals surface area contributed by atoms with Gasteiger partial charge in [-0.05, 0) is 13.8 Å². The highest BCUT2D eigenvalue weighted by Crippen LogP contribution is 2.19. The molecule has 94 valence electrons. The molecular formula is C10H10ClN5O2. The quantitative estimate of drug-likeness (QED) is 0.663. The maximum absolute atomic E-state index is 10.9. The van der Waals surface area contributed by atoms with Crippen LogP contribution in [0.2, 0.25) is 5.15 Å². The molecule has 0 saturated heterocycles. The molecule has 0 saturated carbocycles. The number of nitrogens with zero attached hydrogens (tertiary/aromatic N) is 4. The Hall–Kier alpha value is -2.02. The van der Waals surface area contributed by atoms with Crippen molar-refractivity contribution in [3.63, 3.8) is 0 Å². The monoisotopic (exact) mass is 267 g/mol. The Bertz CT molecular complexity index is 584. The van der Waals surface area contributed by atoms with Crippen LogP contribution in [0.25, 0.3) is 0 Å². The van der Waals surface area contributed by atoms with Crippen LogP contribution in [0.15, 0.2) is 4.52 Å². The van der Waals surface area contributed by atoms with Gasteiger partial charge in [0.1, 0.15) is 16.8 Å². The standard InChI is InChI=1S/C10H10ClN5O2/c1-5-14-9(11)7(4-17)10(15-5)12-3-8-13-6(2)16-18-8/h4H,3H2,1-2H3,(H,12,14,15). The number of anilines is 1. The number of halogens is 1. The summed E-state index contributed by atoms with van der Waals surface area (Å²) in [6, 6.07) is 0. The van der Waals surface area contributed by atoms with Crippen LogP contribution in [0.5, 0.6) is 0 Å². The summed E-state index contributed by atoms with van der Waals surface area (Å²) in [5.41, 5.74) is 0.207. The van der Waals surface area contributed by atoms with Gasteiger partial charge in [-0.1, -0.05) is 16.8 Å². The van der Waals surface area contributed by atoms with Crippen LogP contribution in [0.1, 0.15) is 27.9 Å². The minimum atomic E-state index is 0.113. The highest BCUT2D eigenvalue weighted by Gasteiger charge is 2.12. The van der Waals surface area contributed by atoms with E-state index in [0.717, 1.165) is 0 Å². The van der Waals surface area contributed by atoms with Gasteiger partial charge in [0.25, 0.3) is 0 Å². The lowest BCUT2D eigenvalue weighted by Gasteiger charge is -2.07. The smallest absolute Gasteiger partial charge is 0.245 e. The molecule has 0 aliphatic carbocycles. The van der Waals surface area contributed by atoms with Gasteiger partial charge in [-0.2, -0.15) is 4.98 Å². The zero-order chi connectivity index (χ0) is 13.1. The van der Waals surface area contributed by atoms with Crippen molar-refractivity contribution in [1.29, 1.82) is 0 Å². The molecule has 0 fully saturated rings. The molecule has 7 nitrogen and oxygen atoms in total. The fourth-order valence-electron chi connectivity index (χ4n) is 1.36. The zero-order valence-corrected chi connectivity index (χ0v) is 10.5. The van der Waals surface area contributed by atoms with E-state index in [2.05, 4.69) is 25.4 Å². The number of aromatic nitrogens is 4. The van der Waals surface area contributed by atoms with Crippen molar-refractivity contribution in [3.05, 3.63) is 28.3 Å². The van der Waals surface area contributed by atoms with Gasteiger partial charge >= 0.3 is 0 Å². The van der Waals surface area contributed by atoms with Crippen molar-refractivity contribution >= 4 is 23.7 Å². The molecule has 0 aliphatic heterocycles. The lowest BCUT2D eigenvalue weighted by atomic mass is 10.3. The average molecular weight is 268 g/mol. The summed E-state index contributed by atoms with van der Waals surface area (Å²) in [4.78, 5) is 22.9. The van der Waals surface area contributed by atoms with Gasteiger partial charge in [0.2, 0.25) is 5.89 Å². The van der Waals surface area contributed by atoms with E-state index in [1.807, 2.05) is 0 Å². The Morgan fingerprint density at radius 2 is 2.06 bits per heavy atom. The topological polar surface area (TPSA) is 93.8 Å². The predicted molar refractivity (Wildman–Crippen MR) is 63.5 cm³/mol. The molecular weight excluding hydrogens is 258 g/mol. The maximum Gasteiger partial charge on any atom is 0.245 e. The summed E-state index contributed by atoms with van der Waals surface area (Å²) in [6.45, 7) is 3.66. The van der Waals surface area contributed by atoms with Crippen molar-refractivity contribution in [2.45, 2.75) is 20.4 Å². The van der Waals surface area contributed by atoms with Gasteiger partial charge in [-0.15, -0.1) is 0 Å². The van der Waals surface area contributed by atoms with Crippen LogP contribution in [0.4, 0.5) is 5.82 Å². The first-order valence-corrected chi connectivity index (χ1v) is 5.50. The molecule has 0 atom stereocenters. The third-order valence-corrected chi connectivity index (χ3v) is 2.39. The number of rotatable bonds is 4. The first kappa shape index (κ1) is 12.4. The highest BCUT2D eigenvalue weighted by atomic mass is 35.5. The van der Waals surface area contributed by atoms with Crippen molar-refractivity contribution < 1.29 is 9.32 Å². The third-order valence-electron chi connectivity index (χ3n) is 2.11. The average Bonchev–Trinajstić information content (AvgIpc) is 2.72. The summed E-state index contributed by atoms with van der Waals surface area (Å²) >= 11 is 5.85. The Morgan fingerprint density at radius 3 is 2.67 bits per heavy atom. The minimum absolute atomic E-state index is 0.113. The summed E-state index contributed by atoms with van der Waals surface area (Å²) < 4.78 is 4.93. The van der Waals surface area contributed by atoms with E-state index in [4.69, 9.17) is 16.1 Å². The first-order chi connectivity index (χ1) is 8.60. The van der Waals surface area contributed by atoms with Crippen molar-refractivity contribution in [3.8, 4) is 0 Å². The van der Waals surface area contributed by atoms with Gasteiger partial charge in [0, 0.05) is 0 Å². The zero-order valence-electron chi connectivity index (χ0n) is 9.77. The lowest BCUT2D eigenvalue weighted by Crippen LogP contribution is -2.07. The number of aldehydes is 1. The van der Waals surface area contributed by atoms with Crippen LogP contribution >= 0.6 is 11.6 Å². The van der Waals surface area contributed by atoms with Crippen LogP contribution in [-0.2, 0) is 6.54 Å². The van der Waals surface area contributed by atoms with Crippen LogP contribution in [0, 0.1) is 13.8 Å². The number of carbonyl (C=O) groups is 1. The second kappa shape index (κ2) is 5.09. The molecule has 2 aromatic rings. The van der Waals surface area contributed by atoms with E-state index in [9.17, 15) is 4.79 Å². The Morgan fingerprint density at radius 1 is 1.28 bits per heavy atom. The molecule has 2 heterocycles. The molecule has 0 unspecified atom stereocenters. The van der Waals surface area contributed by atoms with E-state index < -0.39 is 0 Å². The Kier molecular flexibility index (Phi) is 3.52. The van der Waals surface area contributed by atoms with E-state index in [1.165, 1.54) is 0 Å².